The number of hydrogen-bond donors (Lipinski definition) is 2. The van der Waals surface area contributed by atoms with E-state index in [-0.39, 0.29) is 17.9 Å². The second kappa shape index (κ2) is 6.10. The predicted octanol–water partition coefficient (Wildman–Crippen LogP) is 0.819. The molecule has 2 N–H and O–H groups in total. The summed E-state index contributed by atoms with van der Waals surface area (Å²) in [6, 6.07) is 5.37. The van der Waals surface area contributed by atoms with Crippen LogP contribution in [0.3, 0.4) is 0 Å². The van der Waals surface area contributed by atoms with Crippen molar-refractivity contribution in [3.63, 3.8) is 0 Å². The minimum Gasteiger partial charge on any atom is -0.356 e. The van der Waals surface area contributed by atoms with E-state index in [1.165, 1.54) is 0 Å². The number of aromatic amines is 1. The highest BCUT2D eigenvalue weighted by molar-refractivity contribution is 5.78. The fourth-order valence-electron chi connectivity index (χ4n) is 1.86. The van der Waals surface area contributed by atoms with Crippen LogP contribution >= 0.6 is 0 Å². The van der Waals surface area contributed by atoms with Crippen LogP contribution in [0.15, 0.2) is 29.2 Å². The van der Waals surface area contributed by atoms with Crippen LogP contribution in [0, 0.1) is 6.92 Å². The Hall–Kier alpha value is -2.50. The number of carbonyl (C=O) groups is 1. The van der Waals surface area contributed by atoms with E-state index in [0.29, 0.717) is 29.3 Å². The number of pyridine rings is 1. The number of amides is 1. The van der Waals surface area contributed by atoms with Gasteiger partial charge >= 0.3 is 0 Å². The third-order valence-electron chi connectivity index (χ3n) is 2.84. The van der Waals surface area contributed by atoms with Gasteiger partial charge in [0.15, 0.2) is 5.82 Å². The molecule has 6 heteroatoms. The van der Waals surface area contributed by atoms with Crippen molar-refractivity contribution in [1.29, 1.82) is 0 Å². The molecule has 0 radical (unpaired) electrons. The number of H-pyrrole nitrogens is 1. The van der Waals surface area contributed by atoms with Gasteiger partial charge in [0.1, 0.15) is 5.69 Å². The zero-order valence-corrected chi connectivity index (χ0v) is 11.4. The van der Waals surface area contributed by atoms with Gasteiger partial charge in [-0.15, -0.1) is 0 Å². The number of rotatable bonds is 4. The summed E-state index contributed by atoms with van der Waals surface area (Å²) in [6.45, 7) is 4.09. The predicted molar refractivity (Wildman–Crippen MR) is 75.2 cm³/mol. The fourth-order valence-corrected chi connectivity index (χ4v) is 1.86. The van der Waals surface area contributed by atoms with E-state index in [0.717, 1.165) is 0 Å². The number of carbonyl (C=O) groups excluding carboxylic acids is 1. The lowest BCUT2D eigenvalue weighted by Crippen LogP contribution is -2.28. The van der Waals surface area contributed by atoms with E-state index in [9.17, 15) is 9.59 Å². The SMILES string of the molecule is CCNC(=O)Cc1c(C)nc(-c2ccccn2)[nH]c1=O. The second-order valence-corrected chi connectivity index (χ2v) is 4.32. The number of aryl methyl sites for hydroxylation is 1. The largest absolute Gasteiger partial charge is 0.356 e. The standard InChI is InChI=1S/C14H16N4O2/c1-3-15-12(19)8-10-9(2)17-13(18-14(10)20)11-6-4-5-7-16-11/h4-7H,3,8H2,1-2H3,(H,15,19)(H,17,18,20). The van der Waals surface area contributed by atoms with Gasteiger partial charge in [-0.2, -0.15) is 0 Å². The maximum absolute atomic E-state index is 12.1. The number of likely N-dealkylation sites (N-methyl/N-ethyl adjacent to an activating group) is 1. The van der Waals surface area contributed by atoms with E-state index in [2.05, 4.69) is 20.3 Å². The first-order valence-corrected chi connectivity index (χ1v) is 6.39. The summed E-state index contributed by atoms with van der Waals surface area (Å²) in [5, 5.41) is 2.66. The topological polar surface area (TPSA) is 87.7 Å². The lowest BCUT2D eigenvalue weighted by Gasteiger charge is -2.07. The molecule has 0 saturated heterocycles. The van der Waals surface area contributed by atoms with Crippen molar-refractivity contribution in [3.05, 3.63) is 46.0 Å². The molecule has 0 aromatic carbocycles. The molecular weight excluding hydrogens is 256 g/mol. The fraction of sp³-hybridized carbons (Fsp3) is 0.286. The first-order valence-electron chi connectivity index (χ1n) is 6.39. The highest BCUT2D eigenvalue weighted by atomic mass is 16.2. The number of hydrogen-bond acceptors (Lipinski definition) is 4. The molecule has 0 saturated carbocycles. The van der Waals surface area contributed by atoms with Crippen molar-refractivity contribution in [2.45, 2.75) is 20.3 Å². The van der Waals surface area contributed by atoms with Crippen LogP contribution in [-0.4, -0.2) is 27.4 Å². The summed E-state index contributed by atoms with van der Waals surface area (Å²) in [4.78, 5) is 34.8. The van der Waals surface area contributed by atoms with Gasteiger partial charge in [0, 0.05) is 24.0 Å². The summed E-state index contributed by atoms with van der Waals surface area (Å²) in [5.41, 5.74) is 1.22. The van der Waals surface area contributed by atoms with E-state index in [1.807, 2.05) is 13.0 Å². The number of nitrogens with one attached hydrogen (secondary N) is 2. The van der Waals surface area contributed by atoms with Crippen LogP contribution in [0.2, 0.25) is 0 Å². The van der Waals surface area contributed by atoms with Gasteiger partial charge in [-0.25, -0.2) is 4.98 Å². The monoisotopic (exact) mass is 272 g/mol. The van der Waals surface area contributed by atoms with Gasteiger partial charge in [0.05, 0.1) is 6.42 Å². The molecule has 0 spiro atoms. The lowest BCUT2D eigenvalue weighted by molar-refractivity contribution is -0.120. The summed E-state index contributed by atoms with van der Waals surface area (Å²) in [7, 11) is 0. The molecule has 2 aromatic heterocycles. The molecular formula is C14H16N4O2. The molecule has 0 bridgehead atoms. The minimum atomic E-state index is -0.301. The summed E-state index contributed by atoms with van der Waals surface area (Å²) in [6.07, 6.45) is 1.66. The Bertz CT molecular complexity index is 665. The quantitative estimate of drug-likeness (QED) is 0.862. The lowest BCUT2D eigenvalue weighted by atomic mass is 10.1. The second-order valence-electron chi connectivity index (χ2n) is 4.32. The van der Waals surface area contributed by atoms with Gasteiger partial charge in [0.25, 0.3) is 5.56 Å². The normalized spacial score (nSPS) is 10.3. The van der Waals surface area contributed by atoms with Crippen LogP contribution in [0.1, 0.15) is 18.2 Å². The van der Waals surface area contributed by atoms with Crippen molar-refractivity contribution < 1.29 is 4.79 Å². The summed E-state index contributed by atoms with van der Waals surface area (Å²) in [5.74, 6) is 0.223. The Labute approximate surface area is 116 Å². The van der Waals surface area contributed by atoms with Crippen LogP contribution in [0.25, 0.3) is 11.5 Å². The third-order valence-corrected chi connectivity index (χ3v) is 2.84. The third kappa shape index (κ3) is 3.09. The molecule has 2 heterocycles. The Kier molecular flexibility index (Phi) is 4.24. The van der Waals surface area contributed by atoms with Gasteiger partial charge in [0.2, 0.25) is 5.91 Å². The van der Waals surface area contributed by atoms with Crippen LogP contribution in [0.4, 0.5) is 0 Å². The molecule has 2 rings (SSSR count). The molecule has 0 fully saturated rings. The molecule has 104 valence electrons. The Morgan fingerprint density at radius 1 is 1.40 bits per heavy atom. The molecule has 0 aliphatic rings. The summed E-state index contributed by atoms with van der Waals surface area (Å²) >= 11 is 0. The van der Waals surface area contributed by atoms with Crippen molar-refractivity contribution in [2.75, 3.05) is 6.54 Å². The van der Waals surface area contributed by atoms with Crippen molar-refractivity contribution in [2.24, 2.45) is 0 Å². The highest BCUT2D eigenvalue weighted by Crippen LogP contribution is 2.10. The maximum atomic E-state index is 12.1. The van der Waals surface area contributed by atoms with Gasteiger partial charge < -0.3 is 10.3 Å². The molecule has 0 atom stereocenters. The molecule has 0 unspecified atom stereocenters. The average Bonchev–Trinajstić information content (AvgIpc) is 2.44. The van der Waals surface area contributed by atoms with Crippen molar-refractivity contribution in [1.82, 2.24) is 20.3 Å². The zero-order chi connectivity index (χ0) is 14.5. The Morgan fingerprint density at radius 2 is 2.20 bits per heavy atom. The van der Waals surface area contributed by atoms with E-state index < -0.39 is 0 Å². The molecule has 0 aliphatic carbocycles. The van der Waals surface area contributed by atoms with Gasteiger partial charge in [-0.05, 0) is 26.0 Å². The van der Waals surface area contributed by atoms with E-state index in [4.69, 9.17) is 0 Å². The van der Waals surface area contributed by atoms with Crippen LogP contribution < -0.4 is 10.9 Å². The van der Waals surface area contributed by atoms with Crippen LogP contribution in [0.5, 0.6) is 0 Å². The van der Waals surface area contributed by atoms with Gasteiger partial charge in [-0.3, -0.25) is 14.6 Å². The highest BCUT2D eigenvalue weighted by Gasteiger charge is 2.13. The number of nitrogens with zero attached hydrogens (tertiary/aromatic N) is 2. The van der Waals surface area contributed by atoms with E-state index in [1.54, 1.807) is 25.3 Å². The number of aromatic nitrogens is 3. The van der Waals surface area contributed by atoms with Crippen LogP contribution in [-0.2, 0) is 11.2 Å². The first kappa shape index (κ1) is 13.9. The maximum Gasteiger partial charge on any atom is 0.255 e. The first-order chi connectivity index (χ1) is 9.61. The molecule has 20 heavy (non-hydrogen) atoms. The molecule has 2 aromatic rings. The zero-order valence-electron chi connectivity index (χ0n) is 11.4. The van der Waals surface area contributed by atoms with Gasteiger partial charge in [-0.1, -0.05) is 6.07 Å². The van der Waals surface area contributed by atoms with Crippen molar-refractivity contribution >= 4 is 5.91 Å². The minimum absolute atomic E-state index is 0.0322. The molecule has 1 amide bonds. The molecule has 0 aliphatic heterocycles. The summed E-state index contributed by atoms with van der Waals surface area (Å²) < 4.78 is 0. The Balaban J connectivity index is 2.35. The van der Waals surface area contributed by atoms with Crippen molar-refractivity contribution in [3.8, 4) is 11.5 Å². The van der Waals surface area contributed by atoms with E-state index >= 15 is 0 Å². The average molecular weight is 272 g/mol. The molecule has 6 nitrogen and oxygen atoms in total. The Morgan fingerprint density at radius 3 is 2.80 bits per heavy atom. The smallest absolute Gasteiger partial charge is 0.255 e.